The van der Waals surface area contributed by atoms with E-state index >= 15 is 0 Å². The van der Waals surface area contributed by atoms with Gasteiger partial charge >= 0.3 is 0 Å². The summed E-state index contributed by atoms with van der Waals surface area (Å²) in [7, 11) is 0. The highest BCUT2D eigenvalue weighted by Crippen LogP contribution is 2.31. The first-order valence-corrected chi connectivity index (χ1v) is 6.26. The predicted molar refractivity (Wildman–Crippen MR) is 70.6 cm³/mol. The van der Waals surface area contributed by atoms with Crippen molar-refractivity contribution in [1.82, 2.24) is 9.78 Å². The van der Waals surface area contributed by atoms with Gasteiger partial charge in [-0.25, -0.2) is 0 Å². The van der Waals surface area contributed by atoms with Crippen molar-refractivity contribution in [2.45, 2.75) is 32.0 Å². The Morgan fingerprint density at radius 2 is 2.39 bits per heavy atom. The van der Waals surface area contributed by atoms with E-state index in [1.165, 1.54) is 0 Å². The van der Waals surface area contributed by atoms with Crippen molar-refractivity contribution in [2.24, 2.45) is 11.5 Å². The first kappa shape index (κ1) is 11.5. The van der Waals surface area contributed by atoms with Crippen LogP contribution >= 0.6 is 0 Å². The van der Waals surface area contributed by atoms with Crippen LogP contribution < -0.4 is 16.2 Å². The van der Waals surface area contributed by atoms with Crippen LogP contribution in [-0.4, -0.2) is 28.5 Å². The molecule has 0 saturated heterocycles. The van der Waals surface area contributed by atoms with E-state index in [4.69, 9.17) is 16.2 Å². The monoisotopic (exact) mass is 246 g/mol. The molecule has 1 aromatic carbocycles. The molecule has 5 nitrogen and oxygen atoms in total. The molecule has 0 saturated carbocycles. The third-order valence-electron chi connectivity index (χ3n) is 3.25. The number of hydrogen-bond donors (Lipinski definition) is 2. The van der Waals surface area contributed by atoms with Crippen molar-refractivity contribution < 1.29 is 4.74 Å². The van der Waals surface area contributed by atoms with Gasteiger partial charge in [-0.15, -0.1) is 0 Å². The maximum atomic E-state index is 5.98. The second-order valence-corrected chi connectivity index (χ2v) is 5.06. The summed E-state index contributed by atoms with van der Waals surface area (Å²) in [4.78, 5) is 0. The Morgan fingerprint density at radius 3 is 3.17 bits per heavy atom. The fourth-order valence-electron chi connectivity index (χ4n) is 2.50. The predicted octanol–water partition coefficient (Wildman–Crippen LogP) is 0.646. The standard InChI is InChI=1S/C13H18N4O/c1-8(14)6-17-13-9(5-16-17)2-3-12-11(13)4-10(15)7-18-12/h2-3,5,8,10H,4,6-7,14-15H2,1H3. The molecule has 5 heteroatoms. The van der Waals surface area contributed by atoms with E-state index in [0.29, 0.717) is 13.2 Å². The van der Waals surface area contributed by atoms with Crippen LogP contribution in [0.5, 0.6) is 5.75 Å². The van der Waals surface area contributed by atoms with Gasteiger partial charge in [0.15, 0.2) is 0 Å². The summed E-state index contributed by atoms with van der Waals surface area (Å²) in [6.45, 7) is 3.26. The van der Waals surface area contributed by atoms with E-state index in [2.05, 4.69) is 5.10 Å². The maximum Gasteiger partial charge on any atom is 0.124 e. The van der Waals surface area contributed by atoms with Crippen LogP contribution in [0.15, 0.2) is 18.3 Å². The molecule has 2 unspecified atom stereocenters. The lowest BCUT2D eigenvalue weighted by Gasteiger charge is -2.23. The molecule has 1 aliphatic rings. The number of benzene rings is 1. The van der Waals surface area contributed by atoms with Gasteiger partial charge in [-0.1, -0.05) is 0 Å². The van der Waals surface area contributed by atoms with E-state index in [1.54, 1.807) is 0 Å². The fraction of sp³-hybridized carbons (Fsp3) is 0.462. The highest BCUT2D eigenvalue weighted by atomic mass is 16.5. The number of nitrogens with zero attached hydrogens (tertiary/aromatic N) is 2. The largest absolute Gasteiger partial charge is 0.492 e. The van der Waals surface area contributed by atoms with Gasteiger partial charge in [-0.3, -0.25) is 4.68 Å². The highest BCUT2D eigenvalue weighted by molar-refractivity contribution is 5.84. The van der Waals surface area contributed by atoms with Crippen LogP contribution in [0.2, 0.25) is 0 Å². The summed E-state index contributed by atoms with van der Waals surface area (Å²) in [6, 6.07) is 4.17. The molecule has 0 amide bonds. The Morgan fingerprint density at radius 1 is 1.56 bits per heavy atom. The van der Waals surface area contributed by atoms with E-state index < -0.39 is 0 Å². The average molecular weight is 246 g/mol. The topological polar surface area (TPSA) is 79.1 Å². The zero-order chi connectivity index (χ0) is 12.7. The molecule has 2 atom stereocenters. The van der Waals surface area contributed by atoms with Crippen molar-refractivity contribution in [1.29, 1.82) is 0 Å². The molecule has 2 aromatic rings. The Kier molecular flexibility index (Phi) is 2.72. The first-order chi connectivity index (χ1) is 8.65. The van der Waals surface area contributed by atoms with E-state index in [-0.39, 0.29) is 12.1 Å². The van der Waals surface area contributed by atoms with Crippen LogP contribution in [0, 0.1) is 0 Å². The van der Waals surface area contributed by atoms with Gasteiger partial charge in [-0.05, 0) is 25.5 Å². The molecule has 0 aliphatic carbocycles. The number of hydrogen-bond acceptors (Lipinski definition) is 4. The van der Waals surface area contributed by atoms with Crippen molar-refractivity contribution in [3.05, 3.63) is 23.9 Å². The van der Waals surface area contributed by atoms with Crippen LogP contribution in [-0.2, 0) is 13.0 Å². The summed E-state index contributed by atoms with van der Waals surface area (Å²) in [5.41, 5.74) is 14.1. The lowest BCUT2D eigenvalue weighted by atomic mass is 10.0. The van der Waals surface area contributed by atoms with Gasteiger partial charge in [0.05, 0.1) is 18.3 Å². The summed E-state index contributed by atoms with van der Waals surface area (Å²) in [6.07, 6.45) is 2.70. The molecule has 96 valence electrons. The van der Waals surface area contributed by atoms with E-state index in [0.717, 1.165) is 28.6 Å². The van der Waals surface area contributed by atoms with Crippen LogP contribution in [0.25, 0.3) is 10.9 Å². The molecule has 0 fully saturated rings. The number of nitrogens with two attached hydrogens (primary N) is 2. The second-order valence-electron chi connectivity index (χ2n) is 5.06. The smallest absolute Gasteiger partial charge is 0.124 e. The van der Waals surface area contributed by atoms with Crippen LogP contribution in [0.4, 0.5) is 0 Å². The summed E-state index contributed by atoms with van der Waals surface area (Å²) < 4.78 is 7.63. The van der Waals surface area contributed by atoms with Crippen molar-refractivity contribution in [3.63, 3.8) is 0 Å². The van der Waals surface area contributed by atoms with Gasteiger partial charge < -0.3 is 16.2 Å². The van der Waals surface area contributed by atoms with Crippen molar-refractivity contribution in [3.8, 4) is 5.75 Å². The fourth-order valence-corrected chi connectivity index (χ4v) is 2.50. The lowest BCUT2D eigenvalue weighted by Crippen LogP contribution is -2.34. The SMILES string of the molecule is CC(N)Cn1ncc2ccc3c(c21)CC(N)CO3. The number of fused-ring (bicyclic) bond motifs is 3. The van der Waals surface area contributed by atoms with E-state index in [1.807, 2.05) is 29.9 Å². The third-order valence-corrected chi connectivity index (χ3v) is 3.25. The van der Waals surface area contributed by atoms with Gasteiger partial charge in [-0.2, -0.15) is 5.10 Å². The second kappa shape index (κ2) is 4.26. The zero-order valence-corrected chi connectivity index (χ0v) is 10.5. The van der Waals surface area contributed by atoms with Crippen molar-refractivity contribution in [2.75, 3.05) is 6.61 Å². The molecule has 1 aromatic heterocycles. The lowest BCUT2D eigenvalue weighted by molar-refractivity contribution is 0.264. The maximum absolute atomic E-state index is 5.98. The Labute approximate surface area is 106 Å². The minimum atomic E-state index is 0.0572. The van der Waals surface area contributed by atoms with Gasteiger partial charge in [0.1, 0.15) is 12.4 Å². The number of rotatable bonds is 2. The summed E-state index contributed by atoms with van der Waals surface area (Å²) in [5, 5.41) is 5.53. The molecule has 1 aliphatic heterocycles. The molecule has 2 heterocycles. The number of aromatic nitrogens is 2. The minimum Gasteiger partial charge on any atom is -0.492 e. The summed E-state index contributed by atoms with van der Waals surface area (Å²) >= 11 is 0. The molecule has 0 bridgehead atoms. The quantitative estimate of drug-likeness (QED) is 0.815. The number of ether oxygens (including phenoxy) is 1. The molecule has 18 heavy (non-hydrogen) atoms. The Balaban J connectivity index is 2.16. The summed E-state index contributed by atoms with van der Waals surface area (Å²) in [5.74, 6) is 0.927. The third kappa shape index (κ3) is 1.85. The molecule has 4 N–H and O–H groups in total. The Bertz CT molecular complexity index is 576. The normalized spacial score (nSPS) is 20.5. The Hall–Kier alpha value is -1.59. The molecule has 3 rings (SSSR count). The molecule has 0 radical (unpaired) electrons. The van der Waals surface area contributed by atoms with Gasteiger partial charge in [0, 0.05) is 23.0 Å². The molecular weight excluding hydrogens is 228 g/mol. The van der Waals surface area contributed by atoms with Crippen molar-refractivity contribution >= 4 is 10.9 Å². The molecular formula is C13H18N4O. The van der Waals surface area contributed by atoms with E-state index in [9.17, 15) is 0 Å². The van der Waals surface area contributed by atoms with Gasteiger partial charge in [0.25, 0.3) is 0 Å². The molecule has 0 spiro atoms. The first-order valence-electron chi connectivity index (χ1n) is 6.26. The minimum absolute atomic E-state index is 0.0572. The van der Waals surface area contributed by atoms with Crippen LogP contribution in [0.1, 0.15) is 12.5 Å². The van der Waals surface area contributed by atoms with Crippen LogP contribution in [0.3, 0.4) is 0 Å². The van der Waals surface area contributed by atoms with Gasteiger partial charge in [0.2, 0.25) is 0 Å². The average Bonchev–Trinajstić information content (AvgIpc) is 2.72. The highest BCUT2D eigenvalue weighted by Gasteiger charge is 2.21. The zero-order valence-electron chi connectivity index (χ0n) is 10.5.